The molecule has 0 aliphatic carbocycles. The first-order valence-electron chi connectivity index (χ1n) is 9.10. The molecule has 3 rings (SSSR count). The van der Waals surface area contributed by atoms with E-state index in [0.29, 0.717) is 17.0 Å². The number of amides is 1. The Labute approximate surface area is 168 Å². The topological polar surface area (TPSA) is 73.9 Å². The monoisotopic (exact) mass is 401 g/mol. The minimum Gasteiger partial charge on any atom is -0.497 e. The van der Waals surface area contributed by atoms with Gasteiger partial charge in [-0.3, -0.25) is 4.79 Å². The van der Waals surface area contributed by atoms with Gasteiger partial charge in [-0.2, -0.15) is 0 Å². The van der Waals surface area contributed by atoms with Crippen LogP contribution in [0.15, 0.2) is 53.4 Å². The number of benzene rings is 2. The van der Waals surface area contributed by atoms with E-state index in [9.17, 15) is 9.59 Å². The molecule has 1 amide bonds. The van der Waals surface area contributed by atoms with Crippen LogP contribution >= 0.6 is 11.8 Å². The van der Waals surface area contributed by atoms with Gasteiger partial charge in [0.15, 0.2) is 6.61 Å². The van der Waals surface area contributed by atoms with Crippen LogP contribution in [0.3, 0.4) is 0 Å². The molecule has 1 aliphatic heterocycles. The Morgan fingerprint density at radius 1 is 1.21 bits per heavy atom. The van der Waals surface area contributed by atoms with Gasteiger partial charge in [0.25, 0.3) is 5.91 Å². The Kier molecular flexibility index (Phi) is 7.33. The van der Waals surface area contributed by atoms with Crippen LogP contribution in [-0.4, -0.2) is 44.1 Å². The number of ether oxygens (including phenoxy) is 3. The maximum absolute atomic E-state index is 12.5. The van der Waals surface area contributed by atoms with Crippen LogP contribution in [0.25, 0.3) is 0 Å². The number of carbonyl (C=O) groups is 2. The molecule has 0 aromatic heterocycles. The van der Waals surface area contributed by atoms with Gasteiger partial charge in [0.2, 0.25) is 0 Å². The van der Waals surface area contributed by atoms with Crippen molar-refractivity contribution in [1.29, 1.82) is 0 Å². The molecule has 1 aliphatic rings. The molecular formula is C21H23NO5S. The quantitative estimate of drug-likeness (QED) is 0.536. The van der Waals surface area contributed by atoms with Crippen LogP contribution in [0.1, 0.15) is 23.2 Å². The molecule has 2 aromatic rings. The fraction of sp³-hybridized carbons (Fsp3) is 0.333. The first-order valence-corrected chi connectivity index (χ1v) is 10.1. The van der Waals surface area contributed by atoms with Crippen molar-refractivity contribution in [3.63, 3.8) is 0 Å². The standard InChI is InChI=1S/C21H23NO5S/c1-25-16-7-4-6-15(12-16)22-20(23)13-27-21(24)18-9-2-3-10-19(18)28-14-17-8-5-11-26-17/h2-4,6-7,9-10,12,17H,5,8,11,13-14H2,1H3,(H,22,23)/t17-/m0/s1. The fourth-order valence-electron chi connectivity index (χ4n) is 2.83. The number of hydrogen-bond donors (Lipinski definition) is 1. The van der Waals surface area contributed by atoms with Gasteiger partial charge in [-0.05, 0) is 37.1 Å². The summed E-state index contributed by atoms with van der Waals surface area (Å²) in [5.74, 6) is 0.495. The molecule has 28 heavy (non-hydrogen) atoms. The number of anilines is 1. The van der Waals surface area contributed by atoms with Crippen molar-refractivity contribution in [2.24, 2.45) is 0 Å². The molecule has 0 bridgehead atoms. The fourth-order valence-corrected chi connectivity index (χ4v) is 3.94. The molecule has 1 fully saturated rings. The summed E-state index contributed by atoms with van der Waals surface area (Å²) in [5.41, 5.74) is 1.03. The van der Waals surface area contributed by atoms with Gasteiger partial charge < -0.3 is 19.5 Å². The maximum atomic E-state index is 12.5. The molecule has 2 aromatic carbocycles. The summed E-state index contributed by atoms with van der Waals surface area (Å²) in [6.07, 6.45) is 2.35. The molecule has 1 saturated heterocycles. The van der Waals surface area contributed by atoms with E-state index in [1.807, 2.05) is 12.1 Å². The highest BCUT2D eigenvalue weighted by Crippen LogP contribution is 2.27. The molecule has 0 spiro atoms. The van der Waals surface area contributed by atoms with E-state index in [0.717, 1.165) is 30.1 Å². The zero-order valence-corrected chi connectivity index (χ0v) is 16.5. The SMILES string of the molecule is COc1cccc(NC(=O)COC(=O)c2ccccc2SC[C@@H]2CCCO2)c1. The largest absolute Gasteiger partial charge is 0.497 e. The van der Waals surface area contributed by atoms with Crippen molar-refractivity contribution < 1.29 is 23.8 Å². The number of thioether (sulfide) groups is 1. The van der Waals surface area contributed by atoms with Crippen molar-refractivity contribution in [1.82, 2.24) is 0 Å². The van der Waals surface area contributed by atoms with Crippen molar-refractivity contribution in [3.8, 4) is 5.75 Å². The lowest BCUT2D eigenvalue weighted by atomic mass is 10.2. The average Bonchev–Trinajstić information content (AvgIpc) is 3.24. The zero-order chi connectivity index (χ0) is 19.8. The van der Waals surface area contributed by atoms with Crippen LogP contribution in [0.5, 0.6) is 5.75 Å². The van der Waals surface area contributed by atoms with E-state index < -0.39 is 11.9 Å². The maximum Gasteiger partial charge on any atom is 0.339 e. The lowest BCUT2D eigenvalue weighted by Gasteiger charge is -2.12. The average molecular weight is 401 g/mol. The number of rotatable bonds is 8. The van der Waals surface area contributed by atoms with Crippen molar-refractivity contribution in [3.05, 3.63) is 54.1 Å². The van der Waals surface area contributed by atoms with Crippen LogP contribution < -0.4 is 10.1 Å². The van der Waals surface area contributed by atoms with E-state index in [-0.39, 0.29) is 12.7 Å². The van der Waals surface area contributed by atoms with Gasteiger partial charge in [-0.15, -0.1) is 11.8 Å². The highest BCUT2D eigenvalue weighted by molar-refractivity contribution is 7.99. The molecule has 0 radical (unpaired) electrons. The highest BCUT2D eigenvalue weighted by atomic mass is 32.2. The third-order valence-electron chi connectivity index (χ3n) is 4.24. The minimum atomic E-state index is -0.517. The predicted octanol–water partition coefficient (Wildman–Crippen LogP) is 3.76. The molecule has 6 nitrogen and oxygen atoms in total. The van der Waals surface area contributed by atoms with Crippen molar-refractivity contribution in [2.45, 2.75) is 23.8 Å². The summed E-state index contributed by atoms with van der Waals surface area (Å²) in [6.45, 7) is 0.443. The Balaban J connectivity index is 1.53. The Bertz CT molecular complexity index is 820. The summed E-state index contributed by atoms with van der Waals surface area (Å²) in [7, 11) is 1.55. The molecule has 0 saturated carbocycles. The Hall–Kier alpha value is -2.51. The summed E-state index contributed by atoms with van der Waals surface area (Å²) >= 11 is 1.57. The van der Waals surface area contributed by atoms with E-state index in [2.05, 4.69) is 5.32 Å². The molecule has 1 heterocycles. The van der Waals surface area contributed by atoms with Gasteiger partial charge in [0.05, 0.1) is 18.8 Å². The number of hydrogen-bond acceptors (Lipinski definition) is 6. The zero-order valence-electron chi connectivity index (χ0n) is 15.7. The molecule has 148 valence electrons. The summed E-state index contributed by atoms with van der Waals surface area (Å²) in [5, 5.41) is 2.68. The second-order valence-corrected chi connectivity index (χ2v) is 7.36. The minimum absolute atomic E-state index is 0.225. The molecule has 0 unspecified atom stereocenters. The molecule has 1 atom stereocenters. The number of nitrogens with one attached hydrogen (secondary N) is 1. The smallest absolute Gasteiger partial charge is 0.339 e. The van der Waals surface area contributed by atoms with Crippen molar-refractivity contribution in [2.75, 3.05) is 31.4 Å². The van der Waals surface area contributed by atoms with E-state index in [1.165, 1.54) is 0 Å². The number of carbonyl (C=O) groups excluding carboxylic acids is 2. The normalized spacial score (nSPS) is 15.8. The van der Waals surface area contributed by atoms with Crippen LogP contribution in [0.2, 0.25) is 0 Å². The molecule has 7 heteroatoms. The van der Waals surface area contributed by atoms with Crippen LogP contribution in [0.4, 0.5) is 5.69 Å². The summed E-state index contributed by atoms with van der Waals surface area (Å²) in [6, 6.07) is 14.2. The Morgan fingerprint density at radius 2 is 2.07 bits per heavy atom. The first-order chi connectivity index (χ1) is 13.7. The Morgan fingerprint density at radius 3 is 2.86 bits per heavy atom. The second kappa shape index (κ2) is 10.1. The van der Waals surface area contributed by atoms with Crippen LogP contribution in [0, 0.1) is 0 Å². The highest BCUT2D eigenvalue weighted by Gasteiger charge is 2.19. The lowest BCUT2D eigenvalue weighted by molar-refractivity contribution is -0.119. The second-order valence-electron chi connectivity index (χ2n) is 6.30. The van der Waals surface area contributed by atoms with Crippen LogP contribution in [-0.2, 0) is 14.3 Å². The number of methoxy groups -OCH3 is 1. The van der Waals surface area contributed by atoms with E-state index >= 15 is 0 Å². The summed E-state index contributed by atoms with van der Waals surface area (Å²) < 4.78 is 16.0. The summed E-state index contributed by atoms with van der Waals surface area (Å²) in [4.78, 5) is 25.4. The van der Waals surface area contributed by atoms with Gasteiger partial charge in [-0.25, -0.2) is 4.79 Å². The van der Waals surface area contributed by atoms with Gasteiger partial charge in [0.1, 0.15) is 5.75 Å². The molecular weight excluding hydrogens is 378 g/mol. The van der Waals surface area contributed by atoms with Crippen molar-refractivity contribution >= 4 is 29.3 Å². The lowest BCUT2D eigenvalue weighted by Crippen LogP contribution is -2.21. The third kappa shape index (κ3) is 5.74. The third-order valence-corrected chi connectivity index (χ3v) is 5.45. The predicted molar refractivity (Wildman–Crippen MR) is 108 cm³/mol. The van der Waals surface area contributed by atoms with E-state index in [4.69, 9.17) is 14.2 Å². The first kappa shape index (κ1) is 20.2. The van der Waals surface area contributed by atoms with E-state index in [1.54, 1.807) is 55.3 Å². The molecule has 1 N–H and O–H groups in total. The number of esters is 1. The van der Waals surface area contributed by atoms with Gasteiger partial charge in [-0.1, -0.05) is 18.2 Å². The van der Waals surface area contributed by atoms with Gasteiger partial charge >= 0.3 is 5.97 Å². The van der Waals surface area contributed by atoms with Gasteiger partial charge in [0, 0.05) is 29.0 Å².